The highest BCUT2D eigenvalue weighted by atomic mass is 19.3. The first-order chi connectivity index (χ1) is 13.0. The van der Waals surface area contributed by atoms with Crippen LogP contribution in [-0.4, -0.2) is 25.4 Å². The fraction of sp³-hybridized carbons (Fsp3) is 0.0588. The van der Waals surface area contributed by atoms with E-state index in [1.807, 2.05) is 0 Å². The number of benzene rings is 2. The molecule has 0 fully saturated rings. The Morgan fingerprint density at radius 1 is 0.963 bits per heavy atom. The van der Waals surface area contributed by atoms with E-state index < -0.39 is 23.7 Å². The number of aromatic nitrogens is 4. The van der Waals surface area contributed by atoms with Crippen LogP contribution in [0.2, 0.25) is 0 Å². The number of nitrogens with zero attached hydrogens (tertiary/aromatic N) is 4. The molecule has 0 aliphatic carbocycles. The highest BCUT2D eigenvalue weighted by Gasteiger charge is 2.15. The van der Waals surface area contributed by atoms with E-state index in [-0.39, 0.29) is 17.1 Å². The lowest BCUT2D eigenvalue weighted by molar-refractivity contribution is 0.146. The Kier molecular flexibility index (Phi) is 4.07. The van der Waals surface area contributed by atoms with E-state index >= 15 is 0 Å². The van der Waals surface area contributed by atoms with Crippen LogP contribution in [0, 0.1) is 5.82 Å². The van der Waals surface area contributed by atoms with Crippen LogP contribution in [0.4, 0.5) is 24.7 Å². The molecule has 0 aliphatic heterocycles. The number of aromatic hydroxyl groups is 1. The van der Waals surface area contributed by atoms with Gasteiger partial charge in [0, 0.05) is 5.69 Å². The van der Waals surface area contributed by atoms with Gasteiger partial charge in [0.2, 0.25) is 11.3 Å². The van der Waals surface area contributed by atoms with Crippen molar-refractivity contribution in [3.05, 3.63) is 53.8 Å². The van der Waals surface area contributed by atoms with Gasteiger partial charge in [-0.05, 0) is 45.7 Å². The van der Waals surface area contributed by atoms with Crippen molar-refractivity contribution in [2.24, 2.45) is 0 Å². The molecule has 0 spiro atoms. The van der Waals surface area contributed by atoms with Crippen LogP contribution in [-0.2, 0) is 0 Å². The third-order valence-corrected chi connectivity index (χ3v) is 3.79. The van der Waals surface area contributed by atoms with Gasteiger partial charge in [0.05, 0.1) is 5.56 Å². The fourth-order valence-electron chi connectivity index (χ4n) is 2.52. The van der Waals surface area contributed by atoms with Crippen molar-refractivity contribution < 1.29 is 22.9 Å². The number of fused-ring (bicyclic) bond motifs is 1. The number of hydrogen-bond acceptors (Lipinski definition) is 7. The molecule has 0 amide bonds. The number of halogens is 3. The molecule has 10 heteroatoms. The van der Waals surface area contributed by atoms with Crippen LogP contribution in [0.15, 0.2) is 47.1 Å². The number of anilines is 2. The van der Waals surface area contributed by atoms with Gasteiger partial charge >= 0.3 is 0 Å². The molecule has 7 nitrogen and oxygen atoms in total. The van der Waals surface area contributed by atoms with Gasteiger partial charge in [-0.2, -0.15) is 9.97 Å². The van der Waals surface area contributed by atoms with Crippen molar-refractivity contribution in [1.82, 2.24) is 20.3 Å². The maximum absolute atomic E-state index is 13.5. The zero-order chi connectivity index (χ0) is 19.0. The SMILES string of the molecule is Oc1nc2nonc2nc1Nc1cccc(-c2ccc(F)c(C(F)F)c2)c1. The summed E-state index contributed by atoms with van der Waals surface area (Å²) in [5.41, 5.74) is 0.971. The summed E-state index contributed by atoms with van der Waals surface area (Å²) >= 11 is 0. The average molecular weight is 373 g/mol. The van der Waals surface area contributed by atoms with Crippen molar-refractivity contribution in [3.8, 4) is 17.0 Å². The molecule has 4 aromatic rings. The van der Waals surface area contributed by atoms with Gasteiger partial charge in [0.15, 0.2) is 5.82 Å². The molecule has 0 saturated carbocycles. The highest BCUT2D eigenvalue weighted by molar-refractivity contribution is 5.74. The Balaban J connectivity index is 1.68. The highest BCUT2D eigenvalue weighted by Crippen LogP contribution is 2.31. The second-order valence-corrected chi connectivity index (χ2v) is 5.55. The predicted molar refractivity (Wildman–Crippen MR) is 89.1 cm³/mol. The first-order valence-electron chi connectivity index (χ1n) is 7.65. The molecule has 4 rings (SSSR count). The first kappa shape index (κ1) is 16.8. The molecular formula is C17H10F3N5O2. The van der Waals surface area contributed by atoms with Crippen LogP contribution in [0.25, 0.3) is 22.4 Å². The molecule has 2 N–H and O–H groups in total. The molecule has 0 saturated heterocycles. The quantitative estimate of drug-likeness (QED) is 0.553. The van der Waals surface area contributed by atoms with Crippen LogP contribution in [0.3, 0.4) is 0 Å². The summed E-state index contributed by atoms with van der Waals surface area (Å²) in [5, 5.41) is 19.8. The van der Waals surface area contributed by atoms with Gasteiger partial charge in [-0.25, -0.2) is 17.8 Å². The molecule has 2 heterocycles. The van der Waals surface area contributed by atoms with Crippen molar-refractivity contribution in [1.29, 1.82) is 0 Å². The first-order valence-corrected chi connectivity index (χ1v) is 7.65. The van der Waals surface area contributed by atoms with Crippen molar-refractivity contribution in [3.63, 3.8) is 0 Å². The molecule has 0 unspecified atom stereocenters. The Labute approximate surface area is 149 Å². The van der Waals surface area contributed by atoms with E-state index in [9.17, 15) is 18.3 Å². The summed E-state index contributed by atoms with van der Waals surface area (Å²) in [6.45, 7) is 0. The zero-order valence-corrected chi connectivity index (χ0v) is 13.4. The molecule has 27 heavy (non-hydrogen) atoms. The van der Waals surface area contributed by atoms with Crippen LogP contribution >= 0.6 is 0 Å². The lowest BCUT2D eigenvalue weighted by Crippen LogP contribution is -1.97. The second-order valence-electron chi connectivity index (χ2n) is 5.55. The van der Waals surface area contributed by atoms with Gasteiger partial charge < -0.3 is 10.4 Å². The van der Waals surface area contributed by atoms with E-state index in [0.717, 1.165) is 12.1 Å². The molecule has 2 aromatic heterocycles. The van der Waals surface area contributed by atoms with Crippen LogP contribution < -0.4 is 5.32 Å². The third kappa shape index (κ3) is 3.24. The second kappa shape index (κ2) is 6.56. The topological polar surface area (TPSA) is 97.0 Å². The minimum Gasteiger partial charge on any atom is -0.491 e. The standard InChI is InChI=1S/C17H10F3N5O2/c18-12-5-4-9(7-11(12)13(19)20)8-2-1-3-10(6-8)21-16-17(26)23-15-14(22-16)24-27-25-15/h1-7,13H,(H,21,22,24)(H,23,25,26). The maximum Gasteiger partial charge on any atom is 0.266 e. The summed E-state index contributed by atoms with van der Waals surface area (Å²) in [7, 11) is 0. The normalized spacial score (nSPS) is 11.3. The summed E-state index contributed by atoms with van der Waals surface area (Å²) in [6.07, 6.45) is -2.92. The van der Waals surface area contributed by atoms with Crippen molar-refractivity contribution >= 4 is 22.8 Å². The van der Waals surface area contributed by atoms with Crippen LogP contribution in [0.1, 0.15) is 12.0 Å². The lowest BCUT2D eigenvalue weighted by atomic mass is 10.0. The minimum atomic E-state index is -2.92. The number of rotatable bonds is 4. The zero-order valence-electron chi connectivity index (χ0n) is 13.4. The number of alkyl halides is 2. The van der Waals surface area contributed by atoms with E-state index in [1.165, 1.54) is 6.07 Å². The molecule has 136 valence electrons. The monoisotopic (exact) mass is 373 g/mol. The summed E-state index contributed by atoms with van der Waals surface area (Å²) < 4.78 is 43.8. The summed E-state index contributed by atoms with van der Waals surface area (Å²) in [4.78, 5) is 7.83. The summed E-state index contributed by atoms with van der Waals surface area (Å²) in [5.74, 6) is -1.36. The van der Waals surface area contributed by atoms with Crippen molar-refractivity contribution in [2.75, 3.05) is 5.32 Å². The van der Waals surface area contributed by atoms with E-state index in [2.05, 4.69) is 30.2 Å². The molecular weight excluding hydrogens is 363 g/mol. The Bertz CT molecular complexity index is 1130. The largest absolute Gasteiger partial charge is 0.491 e. The summed E-state index contributed by atoms with van der Waals surface area (Å²) in [6, 6.07) is 10.2. The van der Waals surface area contributed by atoms with Crippen LogP contribution in [0.5, 0.6) is 5.88 Å². The molecule has 0 aliphatic rings. The molecule has 2 aromatic carbocycles. The van der Waals surface area contributed by atoms with Gasteiger partial charge in [-0.15, -0.1) is 0 Å². The number of hydrogen-bond donors (Lipinski definition) is 2. The van der Waals surface area contributed by atoms with Crippen molar-refractivity contribution in [2.45, 2.75) is 6.43 Å². The predicted octanol–water partition coefficient (Wildman–Crippen LogP) is 4.21. The Morgan fingerprint density at radius 2 is 1.70 bits per heavy atom. The average Bonchev–Trinajstić information content (AvgIpc) is 3.09. The smallest absolute Gasteiger partial charge is 0.266 e. The minimum absolute atomic E-state index is 0.0164. The Morgan fingerprint density at radius 3 is 2.48 bits per heavy atom. The third-order valence-electron chi connectivity index (χ3n) is 3.79. The van der Waals surface area contributed by atoms with E-state index in [1.54, 1.807) is 24.3 Å². The molecule has 0 atom stereocenters. The van der Waals surface area contributed by atoms with Gasteiger partial charge in [-0.1, -0.05) is 18.2 Å². The van der Waals surface area contributed by atoms with E-state index in [4.69, 9.17) is 0 Å². The molecule has 0 radical (unpaired) electrons. The van der Waals surface area contributed by atoms with Gasteiger partial charge in [0.25, 0.3) is 12.3 Å². The van der Waals surface area contributed by atoms with Gasteiger partial charge in [0.1, 0.15) is 5.82 Å². The number of nitrogens with one attached hydrogen (secondary N) is 1. The lowest BCUT2D eigenvalue weighted by Gasteiger charge is -2.10. The molecule has 0 bridgehead atoms. The van der Waals surface area contributed by atoms with E-state index in [0.29, 0.717) is 16.8 Å². The maximum atomic E-state index is 13.5. The van der Waals surface area contributed by atoms with Gasteiger partial charge in [-0.3, -0.25) is 0 Å². The Hall–Kier alpha value is -3.69. The fourth-order valence-corrected chi connectivity index (χ4v) is 2.52.